The van der Waals surface area contributed by atoms with Crippen LogP contribution < -0.4 is 4.74 Å². The minimum atomic E-state index is -2.67. The van der Waals surface area contributed by atoms with Gasteiger partial charge in [0.1, 0.15) is 12.3 Å². The highest BCUT2D eigenvalue weighted by atomic mass is 32.1. The van der Waals surface area contributed by atoms with E-state index in [1.54, 1.807) is 0 Å². The molecule has 0 aliphatic heterocycles. The molecule has 0 unspecified atom stereocenters. The molecule has 0 saturated carbocycles. The van der Waals surface area contributed by atoms with Gasteiger partial charge in [0.15, 0.2) is 11.6 Å². The van der Waals surface area contributed by atoms with E-state index in [9.17, 15) is 13.2 Å². The second-order valence-corrected chi connectivity index (χ2v) is 2.68. The minimum absolute atomic E-state index is 0.0469. The Hall–Kier alpha value is -1.39. The van der Waals surface area contributed by atoms with E-state index < -0.39 is 18.8 Å². The molecular formula is C9H6F3NOS. The summed E-state index contributed by atoms with van der Waals surface area (Å²) in [6.45, 7) is -0.888. The van der Waals surface area contributed by atoms with E-state index in [4.69, 9.17) is 0 Å². The summed E-state index contributed by atoms with van der Waals surface area (Å²) in [6.07, 6.45) is -2.67. The lowest BCUT2D eigenvalue weighted by Gasteiger charge is -2.08. The van der Waals surface area contributed by atoms with Crippen LogP contribution in [0.1, 0.15) is 0 Å². The number of benzene rings is 1. The van der Waals surface area contributed by atoms with Gasteiger partial charge in [-0.25, -0.2) is 13.2 Å². The third-order valence-electron chi connectivity index (χ3n) is 1.47. The van der Waals surface area contributed by atoms with Crippen molar-refractivity contribution in [1.29, 1.82) is 0 Å². The van der Waals surface area contributed by atoms with Gasteiger partial charge in [0.2, 0.25) is 0 Å². The number of thiocarbonyl (C=S) groups is 1. The predicted molar refractivity (Wildman–Crippen MR) is 52.6 cm³/mol. The van der Waals surface area contributed by atoms with Gasteiger partial charge in [-0.15, -0.1) is 0 Å². The number of hydrogen-bond acceptors (Lipinski definition) is 3. The summed E-state index contributed by atoms with van der Waals surface area (Å²) in [5.74, 6) is -1.10. The molecule has 2 nitrogen and oxygen atoms in total. The molecule has 0 spiro atoms. The fourth-order valence-corrected chi connectivity index (χ4v) is 1.02. The van der Waals surface area contributed by atoms with Gasteiger partial charge in [-0.3, -0.25) is 0 Å². The average molecular weight is 233 g/mol. The molecule has 0 amide bonds. The van der Waals surface area contributed by atoms with Gasteiger partial charge < -0.3 is 4.74 Å². The van der Waals surface area contributed by atoms with Crippen LogP contribution in [0.2, 0.25) is 0 Å². The number of ether oxygens (including phenoxy) is 1. The first-order valence-electron chi connectivity index (χ1n) is 3.92. The van der Waals surface area contributed by atoms with E-state index in [0.717, 1.165) is 6.07 Å². The van der Waals surface area contributed by atoms with Gasteiger partial charge in [0, 0.05) is 0 Å². The first-order valence-corrected chi connectivity index (χ1v) is 4.33. The van der Waals surface area contributed by atoms with Crippen LogP contribution >= 0.6 is 12.2 Å². The van der Waals surface area contributed by atoms with Gasteiger partial charge in [-0.2, -0.15) is 4.99 Å². The average Bonchev–Trinajstić information content (AvgIpc) is 2.17. The van der Waals surface area contributed by atoms with Crippen LogP contribution in [0.15, 0.2) is 23.2 Å². The summed E-state index contributed by atoms with van der Waals surface area (Å²) in [5.41, 5.74) is 0.0469. The van der Waals surface area contributed by atoms with E-state index >= 15 is 0 Å². The van der Waals surface area contributed by atoms with Crippen molar-refractivity contribution in [3.63, 3.8) is 0 Å². The molecule has 1 aromatic carbocycles. The molecule has 0 atom stereocenters. The number of nitrogens with zero attached hydrogens (tertiary/aromatic N) is 1. The fourth-order valence-electron chi connectivity index (χ4n) is 0.924. The standard InChI is InChI=1S/C9H6F3NOS/c10-6-2-1-3-7(13-5-15)9(6)14-4-8(11)12/h1-3,8H,4H2. The summed E-state index contributed by atoms with van der Waals surface area (Å²) >= 11 is 4.33. The van der Waals surface area contributed by atoms with Crippen LogP contribution in [-0.2, 0) is 0 Å². The number of para-hydroxylation sites is 1. The van der Waals surface area contributed by atoms with Crippen LogP contribution in [0.4, 0.5) is 18.9 Å². The molecule has 0 aliphatic carbocycles. The van der Waals surface area contributed by atoms with Crippen molar-refractivity contribution in [2.24, 2.45) is 4.99 Å². The Bertz CT molecular complexity index is 391. The highest BCUT2D eigenvalue weighted by molar-refractivity contribution is 7.78. The number of rotatable bonds is 4. The smallest absolute Gasteiger partial charge is 0.272 e. The van der Waals surface area contributed by atoms with Crippen molar-refractivity contribution < 1.29 is 17.9 Å². The van der Waals surface area contributed by atoms with E-state index in [1.807, 2.05) is 5.16 Å². The molecule has 0 aromatic heterocycles. The van der Waals surface area contributed by atoms with E-state index in [0.29, 0.717) is 0 Å². The molecule has 15 heavy (non-hydrogen) atoms. The maximum Gasteiger partial charge on any atom is 0.272 e. The van der Waals surface area contributed by atoms with Crippen molar-refractivity contribution in [3.05, 3.63) is 24.0 Å². The van der Waals surface area contributed by atoms with Crippen molar-refractivity contribution in [1.82, 2.24) is 0 Å². The molecule has 0 heterocycles. The summed E-state index contributed by atoms with van der Waals surface area (Å²) in [6, 6.07) is 3.85. The van der Waals surface area contributed by atoms with Gasteiger partial charge in [0.25, 0.3) is 6.43 Å². The molecule has 1 rings (SSSR count). The van der Waals surface area contributed by atoms with Crippen LogP contribution in [0.5, 0.6) is 5.75 Å². The van der Waals surface area contributed by atoms with Crippen molar-refractivity contribution in [2.75, 3.05) is 6.61 Å². The lowest BCUT2D eigenvalue weighted by molar-refractivity contribution is 0.0802. The van der Waals surface area contributed by atoms with Crippen LogP contribution in [0.3, 0.4) is 0 Å². The Morgan fingerprint density at radius 3 is 2.80 bits per heavy atom. The second kappa shape index (κ2) is 5.48. The molecule has 0 radical (unpaired) electrons. The van der Waals surface area contributed by atoms with Crippen molar-refractivity contribution >= 4 is 23.1 Å². The molecular weight excluding hydrogens is 227 g/mol. The molecule has 80 valence electrons. The van der Waals surface area contributed by atoms with Crippen LogP contribution in [0, 0.1) is 5.82 Å². The summed E-state index contributed by atoms with van der Waals surface area (Å²) in [4.78, 5) is 3.50. The second-order valence-electron chi connectivity index (χ2n) is 2.49. The Kier molecular flexibility index (Phi) is 4.27. The first kappa shape index (κ1) is 11.7. The third-order valence-corrected chi connectivity index (χ3v) is 1.56. The summed E-state index contributed by atoms with van der Waals surface area (Å²) < 4.78 is 41.4. The van der Waals surface area contributed by atoms with E-state index in [1.165, 1.54) is 12.1 Å². The normalized spacial score (nSPS) is 9.87. The number of aliphatic imine (C=N–C) groups is 1. The molecule has 0 saturated heterocycles. The number of hydrogen-bond donors (Lipinski definition) is 0. The van der Waals surface area contributed by atoms with Crippen LogP contribution in [-0.4, -0.2) is 18.2 Å². The highest BCUT2D eigenvalue weighted by Crippen LogP contribution is 2.30. The van der Waals surface area contributed by atoms with Crippen LogP contribution in [0.25, 0.3) is 0 Å². The van der Waals surface area contributed by atoms with E-state index in [2.05, 4.69) is 21.9 Å². The summed E-state index contributed by atoms with van der Waals surface area (Å²) in [5, 5.41) is 2.01. The lowest BCUT2D eigenvalue weighted by Crippen LogP contribution is -2.08. The highest BCUT2D eigenvalue weighted by Gasteiger charge is 2.11. The van der Waals surface area contributed by atoms with Gasteiger partial charge in [0.05, 0.1) is 5.16 Å². The number of halogens is 3. The fraction of sp³-hybridized carbons (Fsp3) is 0.222. The zero-order valence-corrected chi connectivity index (χ0v) is 8.23. The van der Waals surface area contributed by atoms with Gasteiger partial charge >= 0.3 is 0 Å². The predicted octanol–water partition coefficient (Wildman–Crippen LogP) is 3.20. The SMILES string of the molecule is Fc1cccc(N=C=S)c1OCC(F)F. The Labute approximate surface area is 89.4 Å². The molecule has 0 bridgehead atoms. The Morgan fingerprint density at radius 2 is 2.20 bits per heavy atom. The Morgan fingerprint density at radius 1 is 1.47 bits per heavy atom. The van der Waals surface area contributed by atoms with Crippen molar-refractivity contribution in [2.45, 2.75) is 6.43 Å². The molecule has 0 aliphatic rings. The molecule has 1 aromatic rings. The zero-order valence-electron chi connectivity index (χ0n) is 7.41. The van der Waals surface area contributed by atoms with Gasteiger partial charge in [-0.1, -0.05) is 6.07 Å². The zero-order chi connectivity index (χ0) is 11.3. The maximum absolute atomic E-state index is 13.1. The Balaban J connectivity index is 2.96. The number of alkyl halides is 2. The molecule has 0 fully saturated rings. The lowest BCUT2D eigenvalue weighted by atomic mass is 10.3. The number of isothiocyanates is 1. The first-order chi connectivity index (χ1) is 7.15. The monoisotopic (exact) mass is 233 g/mol. The van der Waals surface area contributed by atoms with Crippen molar-refractivity contribution in [3.8, 4) is 5.75 Å². The topological polar surface area (TPSA) is 21.6 Å². The molecule has 6 heteroatoms. The maximum atomic E-state index is 13.1. The largest absolute Gasteiger partial charge is 0.482 e. The summed E-state index contributed by atoms with van der Waals surface area (Å²) in [7, 11) is 0. The third kappa shape index (κ3) is 3.34. The minimum Gasteiger partial charge on any atom is -0.482 e. The van der Waals surface area contributed by atoms with Gasteiger partial charge in [-0.05, 0) is 24.4 Å². The van der Waals surface area contributed by atoms with E-state index in [-0.39, 0.29) is 11.4 Å². The molecule has 0 N–H and O–H groups in total. The quantitative estimate of drug-likeness (QED) is 0.588.